The molecule has 1 heterocycles. The van der Waals surface area contributed by atoms with Gasteiger partial charge in [-0.1, -0.05) is 31.5 Å². The van der Waals surface area contributed by atoms with Crippen molar-refractivity contribution in [1.82, 2.24) is 10.3 Å². The van der Waals surface area contributed by atoms with Crippen LogP contribution in [0.3, 0.4) is 0 Å². The van der Waals surface area contributed by atoms with Crippen molar-refractivity contribution in [3.05, 3.63) is 29.0 Å². The van der Waals surface area contributed by atoms with E-state index in [1.54, 1.807) is 32.2 Å². The molecule has 0 aliphatic rings. The van der Waals surface area contributed by atoms with Crippen molar-refractivity contribution < 1.29 is 9.59 Å². The Bertz CT molecular complexity index is 431. The molecule has 0 spiro atoms. The predicted octanol–water partition coefficient (Wildman–Crippen LogP) is 0.904. The number of pyridine rings is 1. The van der Waals surface area contributed by atoms with E-state index in [-0.39, 0.29) is 11.8 Å². The first-order valence-corrected chi connectivity index (χ1v) is 5.98. The van der Waals surface area contributed by atoms with Crippen molar-refractivity contribution in [2.75, 3.05) is 0 Å². The number of primary amides is 1. The highest BCUT2D eigenvalue weighted by Gasteiger charge is 2.20. The first-order valence-electron chi connectivity index (χ1n) is 5.60. The summed E-state index contributed by atoms with van der Waals surface area (Å²) < 4.78 is 0. The molecule has 0 saturated heterocycles. The molecule has 2 amide bonds. The van der Waals surface area contributed by atoms with Crippen molar-refractivity contribution in [2.24, 2.45) is 11.7 Å². The molecule has 1 aromatic heterocycles. The second-order valence-corrected chi connectivity index (χ2v) is 4.70. The highest BCUT2D eigenvalue weighted by molar-refractivity contribution is 6.29. The maximum atomic E-state index is 11.5. The summed E-state index contributed by atoms with van der Waals surface area (Å²) in [5, 5.41) is 2.98. The number of aromatic nitrogens is 1. The van der Waals surface area contributed by atoms with E-state index >= 15 is 0 Å². The lowest BCUT2D eigenvalue weighted by molar-refractivity contribution is -0.129. The van der Waals surface area contributed by atoms with Crippen LogP contribution in [-0.4, -0.2) is 22.8 Å². The van der Waals surface area contributed by atoms with Gasteiger partial charge in [-0.3, -0.25) is 9.59 Å². The predicted molar refractivity (Wildman–Crippen MR) is 68.9 cm³/mol. The quantitative estimate of drug-likeness (QED) is 0.779. The number of hydrogen-bond donors (Lipinski definition) is 2. The van der Waals surface area contributed by atoms with Gasteiger partial charge in [0.2, 0.25) is 11.8 Å². The number of amides is 2. The van der Waals surface area contributed by atoms with Gasteiger partial charge in [0.05, 0.1) is 0 Å². The molecule has 0 radical (unpaired) electrons. The first-order chi connectivity index (χ1) is 8.40. The zero-order chi connectivity index (χ0) is 13.7. The largest absolute Gasteiger partial charge is 0.368 e. The first kappa shape index (κ1) is 14.4. The van der Waals surface area contributed by atoms with Gasteiger partial charge < -0.3 is 11.1 Å². The topological polar surface area (TPSA) is 85.1 Å². The van der Waals surface area contributed by atoms with Crippen LogP contribution >= 0.6 is 11.6 Å². The van der Waals surface area contributed by atoms with Crippen molar-refractivity contribution in [2.45, 2.75) is 26.3 Å². The summed E-state index contributed by atoms with van der Waals surface area (Å²) in [6.07, 6.45) is 1.86. The molecule has 1 atom stereocenters. The van der Waals surface area contributed by atoms with Crippen molar-refractivity contribution in [1.29, 1.82) is 0 Å². The molecule has 0 fully saturated rings. The third kappa shape index (κ3) is 4.33. The molecule has 0 aliphatic carbocycles. The Hall–Kier alpha value is -1.62. The fraction of sp³-hybridized carbons (Fsp3) is 0.417. The van der Waals surface area contributed by atoms with Crippen LogP contribution in [0.15, 0.2) is 18.3 Å². The third-order valence-corrected chi connectivity index (χ3v) is 2.64. The van der Waals surface area contributed by atoms with Crippen LogP contribution in [-0.2, 0) is 16.0 Å². The Balaban J connectivity index is 2.72. The molecular formula is C12H16ClN3O2. The lowest BCUT2D eigenvalue weighted by atomic mass is 10.1. The number of rotatable bonds is 5. The van der Waals surface area contributed by atoms with Gasteiger partial charge in [-0.2, -0.15) is 0 Å². The Morgan fingerprint density at radius 1 is 1.44 bits per heavy atom. The van der Waals surface area contributed by atoms with Crippen molar-refractivity contribution in [3.8, 4) is 0 Å². The van der Waals surface area contributed by atoms with E-state index in [1.165, 1.54) is 0 Å². The van der Waals surface area contributed by atoms with Crippen LogP contribution < -0.4 is 11.1 Å². The molecule has 6 heteroatoms. The Kier molecular flexibility index (Phi) is 5.09. The van der Waals surface area contributed by atoms with Gasteiger partial charge in [0.25, 0.3) is 0 Å². The summed E-state index contributed by atoms with van der Waals surface area (Å²) in [7, 11) is 0. The summed E-state index contributed by atoms with van der Waals surface area (Å²) >= 11 is 5.66. The summed E-state index contributed by atoms with van der Waals surface area (Å²) in [5.74, 6) is -0.977. The zero-order valence-corrected chi connectivity index (χ0v) is 11.1. The van der Waals surface area contributed by atoms with Gasteiger partial charge in [-0.15, -0.1) is 0 Å². The molecule has 5 nitrogen and oxygen atoms in total. The smallest absolute Gasteiger partial charge is 0.240 e. The van der Waals surface area contributed by atoms with E-state index in [9.17, 15) is 9.59 Å². The average Bonchev–Trinajstić information content (AvgIpc) is 2.30. The van der Waals surface area contributed by atoms with Crippen molar-refractivity contribution >= 4 is 23.4 Å². The fourth-order valence-electron chi connectivity index (χ4n) is 1.32. The molecule has 0 saturated carbocycles. The lowest BCUT2D eigenvalue weighted by Gasteiger charge is -2.16. The van der Waals surface area contributed by atoms with Crippen LogP contribution in [0.25, 0.3) is 0 Å². The minimum atomic E-state index is -0.733. The number of carbonyl (C=O) groups is 2. The van der Waals surface area contributed by atoms with Gasteiger partial charge >= 0.3 is 0 Å². The molecule has 0 aliphatic heterocycles. The van der Waals surface area contributed by atoms with Crippen LogP contribution in [0.2, 0.25) is 5.15 Å². The molecule has 98 valence electrons. The zero-order valence-electron chi connectivity index (χ0n) is 10.3. The van der Waals surface area contributed by atoms with Gasteiger partial charge in [-0.25, -0.2) is 4.98 Å². The Morgan fingerprint density at radius 3 is 2.56 bits per heavy atom. The molecule has 1 aromatic rings. The maximum absolute atomic E-state index is 11.5. The van der Waals surface area contributed by atoms with Crippen LogP contribution in [0, 0.1) is 5.92 Å². The standard InChI is InChI=1S/C12H16ClN3O2/c1-7(2)12(18)16-9(11(14)17)5-8-3-4-10(13)15-6-8/h3-4,6-7,9H,5H2,1-2H3,(H2,14,17)(H,16,18)/t9-/m1/s1. The minimum Gasteiger partial charge on any atom is -0.368 e. The fourth-order valence-corrected chi connectivity index (χ4v) is 1.44. The van der Waals surface area contributed by atoms with Crippen LogP contribution in [0.4, 0.5) is 0 Å². The van der Waals surface area contributed by atoms with Gasteiger partial charge in [-0.05, 0) is 11.6 Å². The second-order valence-electron chi connectivity index (χ2n) is 4.31. The van der Waals surface area contributed by atoms with E-state index in [2.05, 4.69) is 10.3 Å². The van der Waals surface area contributed by atoms with Crippen LogP contribution in [0.5, 0.6) is 0 Å². The minimum absolute atomic E-state index is 0.199. The number of halogens is 1. The molecule has 0 bridgehead atoms. The number of hydrogen-bond acceptors (Lipinski definition) is 3. The molecular weight excluding hydrogens is 254 g/mol. The van der Waals surface area contributed by atoms with Crippen molar-refractivity contribution in [3.63, 3.8) is 0 Å². The molecule has 18 heavy (non-hydrogen) atoms. The normalized spacial score (nSPS) is 12.2. The molecule has 0 aromatic carbocycles. The highest BCUT2D eigenvalue weighted by atomic mass is 35.5. The van der Waals surface area contributed by atoms with Gasteiger partial charge in [0.15, 0.2) is 0 Å². The van der Waals surface area contributed by atoms with Gasteiger partial charge in [0.1, 0.15) is 11.2 Å². The Labute approximate surface area is 111 Å². The van der Waals surface area contributed by atoms with E-state index in [0.717, 1.165) is 5.56 Å². The number of nitrogens with zero attached hydrogens (tertiary/aromatic N) is 1. The van der Waals surface area contributed by atoms with Crippen LogP contribution in [0.1, 0.15) is 19.4 Å². The summed E-state index contributed by atoms with van der Waals surface area (Å²) in [6.45, 7) is 3.49. The molecule has 3 N–H and O–H groups in total. The van der Waals surface area contributed by atoms with E-state index < -0.39 is 11.9 Å². The van der Waals surface area contributed by atoms with E-state index in [0.29, 0.717) is 11.6 Å². The highest BCUT2D eigenvalue weighted by Crippen LogP contribution is 2.08. The summed E-state index contributed by atoms with van der Waals surface area (Å²) in [6, 6.07) is 2.63. The van der Waals surface area contributed by atoms with E-state index in [4.69, 9.17) is 17.3 Å². The summed E-state index contributed by atoms with van der Waals surface area (Å²) in [4.78, 5) is 26.7. The lowest BCUT2D eigenvalue weighted by Crippen LogP contribution is -2.47. The second kappa shape index (κ2) is 6.35. The monoisotopic (exact) mass is 269 g/mol. The number of nitrogens with one attached hydrogen (secondary N) is 1. The number of nitrogens with two attached hydrogens (primary N) is 1. The Morgan fingerprint density at radius 2 is 2.11 bits per heavy atom. The average molecular weight is 270 g/mol. The molecule has 0 unspecified atom stereocenters. The molecule has 1 rings (SSSR count). The maximum Gasteiger partial charge on any atom is 0.240 e. The van der Waals surface area contributed by atoms with Gasteiger partial charge in [0, 0.05) is 18.5 Å². The third-order valence-electron chi connectivity index (χ3n) is 2.41. The number of carbonyl (C=O) groups excluding carboxylic acids is 2. The SMILES string of the molecule is CC(C)C(=O)N[C@H](Cc1ccc(Cl)nc1)C(N)=O. The van der Waals surface area contributed by atoms with E-state index in [1.807, 2.05) is 0 Å². The summed E-state index contributed by atoms with van der Waals surface area (Å²) in [5.41, 5.74) is 6.05.